The molecule has 0 unspecified atom stereocenters. The summed E-state index contributed by atoms with van der Waals surface area (Å²) in [5.74, 6) is -1.68. The lowest BCUT2D eigenvalue weighted by Gasteiger charge is -2.51. The molecule has 2 saturated heterocycles. The van der Waals surface area contributed by atoms with Gasteiger partial charge in [0, 0.05) is 44.6 Å². The van der Waals surface area contributed by atoms with Gasteiger partial charge in [-0.1, -0.05) is 48.5 Å². The zero-order chi connectivity index (χ0) is 38.0. The van der Waals surface area contributed by atoms with Crippen LogP contribution in [0.25, 0.3) is 0 Å². The standard InChI is InChI=1S/C37H67O12P/c1-22(2)34(47-33(42)11-10-20-50(43,44)45)36(46-9)31(41)21-30(40)27(7)29(39)14-12-25(5)35-26(6)17-19-37(49-35)18-16-24(4)32(48-37)15-13-23(3)28(8)38/h22-27,29,31-32,34-36,39,41H,10-21H2,1-9H3,(H2,43,44,45)/t23-,24+,25+,26-,27-,29-,31+,32-,34+,35-,36-,37+/m0/s1. The Balaban J connectivity index is 1.94. The van der Waals surface area contributed by atoms with E-state index in [1.807, 2.05) is 6.92 Å². The van der Waals surface area contributed by atoms with Crippen molar-refractivity contribution < 1.29 is 57.9 Å². The SMILES string of the molecule is CO[C@@H]([C@H](O)CC(=O)[C@@H](C)[C@@H](O)CC[C@@H](C)[C@@H]1O[C@]2(CC[C@@H](C)[C@H](CC[C@H](C)C(C)=O)O2)CC[C@@H]1C)[C@H](OC(=O)CCCP(=O)(O)O)C(C)C. The molecule has 0 amide bonds. The van der Waals surface area contributed by atoms with Crippen LogP contribution in [0.4, 0.5) is 0 Å². The quantitative estimate of drug-likeness (QED) is 0.0847. The van der Waals surface area contributed by atoms with Crippen LogP contribution < -0.4 is 0 Å². The van der Waals surface area contributed by atoms with Crippen molar-refractivity contribution in [3.8, 4) is 0 Å². The number of ketones is 2. The summed E-state index contributed by atoms with van der Waals surface area (Å²) in [5.41, 5.74) is 0. The Bertz CT molecular complexity index is 1120. The summed E-state index contributed by atoms with van der Waals surface area (Å²) in [6.07, 6.45) is 1.07. The highest BCUT2D eigenvalue weighted by Gasteiger charge is 2.47. The van der Waals surface area contributed by atoms with E-state index in [4.69, 9.17) is 28.7 Å². The molecule has 2 aliphatic heterocycles. The Morgan fingerprint density at radius 2 is 1.52 bits per heavy atom. The first-order valence-corrected chi connectivity index (χ1v) is 20.5. The molecule has 292 valence electrons. The smallest absolute Gasteiger partial charge is 0.325 e. The Morgan fingerprint density at radius 3 is 2.08 bits per heavy atom. The third-order valence-corrected chi connectivity index (χ3v) is 12.1. The van der Waals surface area contributed by atoms with Gasteiger partial charge in [-0.25, -0.2) is 0 Å². The van der Waals surface area contributed by atoms with Crippen LogP contribution in [0.15, 0.2) is 0 Å². The third-order valence-electron chi connectivity index (χ3n) is 11.2. The fourth-order valence-corrected chi connectivity index (χ4v) is 7.90. The highest BCUT2D eigenvalue weighted by Crippen LogP contribution is 2.45. The van der Waals surface area contributed by atoms with Gasteiger partial charge in [0.2, 0.25) is 0 Å². The van der Waals surface area contributed by atoms with Crippen molar-refractivity contribution in [1.82, 2.24) is 0 Å². The molecule has 2 rings (SSSR count). The van der Waals surface area contributed by atoms with Crippen LogP contribution >= 0.6 is 7.60 Å². The minimum absolute atomic E-state index is 0.0115. The Labute approximate surface area is 299 Å². The highest BCUT2D eigenvalue weighted by molar-refractivity contribution is 7.51. The lowest BCUT2D eigenvalue weighted by molar-refractivity contribution is -0.338. The number of hydrogen-bond donors (Lipinski definition) is 4. The van der Waals surface area contributed by atoms with Gasteiger partial charge in [-0.05, 0) is 75.5 Å². The van der Waals surface area contributed by atoms with E-state index in [0.717, 1.165) is 38.5 Å². The molecule has 50 heavy (non-hydrogen) atoms. The van der Waals surface area contributed by atoms with E-state index in [1.54, 1.807) is 27.7 Å². The monoisotopic (exact) mass is 734 g/mol. The van der Waals surface area contributed by atoms with Crippen molar-refractivity contribution in [2.24, 2.45) is 35.5 Å². The van der Waals surface area contributed by atoms with Crippen molar-refractivity contribution in [3.05, 3.63) is 0 Å². The second kappa shape index (κ2) is 20.3. The number of aliphatic hydroxyl groups excluding tert-OH is 2. The summed E-state index contributed by atoms with van der Waals surface area (Å²) >= 11 is 0. The first-order chi connectivity index (χ1) is 23.2. The van der Waals surface area contributed by atoms with Gasteiger partial charge >= 0.3 is 13.6 Å². The summed E-state index contributed by atoms with van der Waals surface area (Å²) in [6, 6.07) is 0. The molecule has 0 bridgehead atoms. The molecule has 0 aliphatic carbocycles. The van der Waals surface area contributed by atoms with E-state index in [9.17, 15) is 29.2 Å². The van der Waals surface area contributed by atoms with Gasteiger partial charge < -0.3 is 38.9 Å². The van der Waals surface area contributed by atoms with Crippen LogP contribution in [0.1, 0.15) is 126 Å². The molecule has 12 atom stereocenters. The normalized spacial score (nSPS) is 28.8. The topological polar surface area (TPSA) is 186 Å². The average molecular weight is 735 g/mol. The first kappa shape index (κ1) is 44.9. The zero-order valence-corrected chi connectivity index (χ0v) is 32.8. The van der Waals surface area contributed by atoms with Crippen LogP contribution in [0.2, 0.25) is 0 Å². The molecule has 1 spiro atoms. The van der Waals surface area contributed by atoms with E-state index >= 15 is 0 Å². The summed E-state index contributed by atoms with van der Waals surface area (Å²) in [7, 11) is -2.89. The Kier molecular flexibility index (Phi) is 18.2. The Morgan fingerprint density at radius 1 is 0.900 bits per heavy atom. The molecule has 0 radical (unpaired) electrons. The van der Waals surface area contributed by atoms with Crippen molar-refractivity contribution in [3.63, 3.8) is 0 Å². The molecule has 0 saturated carbocycles. The molecule has 12 nitrogen and oxygen atoms in total. The number of methoxy groups -OCH3 is 1. The van der Waals surface area contributed by atoms with E-state index in [0.29, 0.717) is 24.7 Å². The minimum Gasteiger partial charge on any atom is -0.459 e. The van der Waals surface area contributed by atoms with Gasteiger partial charge in [-0.2, -0.15) is 0 Å². The number of rotatable bonds is 21. The lowest BCUT2D eigenvalue weighted by Crippen LogP contribution is -2.53. The second-order valence-corrected chi connectivity index (χ2v) is 17.6. The zero-order valence-electron chi connectivity index (χ0n) is 31.9. The number of Topliss-reactive ketones (excluding diaryl/α,β-unsaturated/α-hetero) is 2. The molecule has 0 aromatic carbocycles. The number of carbonyl (C=O) groups is 3. The average Bonchev–Trinajstić information content (AvgIpc) is 3.03. The van der Waals surface area contributed by atoms with Gasteiger partial charge in [0.1, 0.15) is 23.8 Å². The van der Waals surface area contributed by atoms with Gasteiger partial charge in [0.05, 0.1) is 30.6 Å². The lowest BCUT2D eigenvalue weighted by atomic mass is 9.79. The summed E-state index contributed by atoms with van der Waals surface area (Å²) in [5, 5.41) is 22.1. The molecular formula is C37H67O12P. The van der Waals surface area contributed by atoms with Crippen molar-refractivity contribution >= 4 is 25.1 Å². The van der Waals surface area contributed by atoms with Crippen LogP contribution in [0.3, 0.4) is 0 Å². The molecule has 2 fully saturated rings. The second-order valence-electron chi connectivity index (χ2n) is 15.8. The van der Waals surface area contributed by atoms with Gasteiger partial charge in [-0.15, -0.1) is 0 Å². The van der Waals surface area contributed by atoms with Crippen LogP contribution in [-0.2, 0) is 37.9 Å². The molecule has 4 N–H and O–H groups in total. The van der Waals surface area contributed by atoms with Crippen LogP contribution in [0.5, 0.6) is 0 Å². The summed E-state index contributed by atoms with van der Waals surface area (Å²) in [6.45, 7) is 15.3. The van der Waals surface area contributed by atoms with E-state index in [1.165, 1.54) is 7.11 Å². The maximum atomic E-state index is 13.2. The molecule has 2 aliphatic rings. The predicted molar refractivity (Wildman–Crippen MR) is 189 cm³/mol. The van der Waals surface area contributed by atoms with Crippen molar-refractivity contribution in [1.29, 1.82) is 0 Å². The highest BCUT2D eigenvalue weighted by atomic mass is 31.2. The predicted octanol–water partition coefficient (Wildman–Crippen LogP) is 5.59. The number of esters is 1. The molecule has 13 heteroatoms. The Hall–Kier alpha value is -1.24. The van der Waals surface area contributed by atoms with E-state index in [2.05, 4.69) is 20.8 Å². The molecule has 0 aromatic rings. The van der Waals surface area contributed by atoms with Crippen molar-refractivity contribution in [2.45, 2.75) is 168 Å². The van der Waals surface area contributed by atoms with Gasteiger partial charge in [-0.3, -0.25) is 18.9 Å². The number of hydrogen-bond acceptors (Lipinski definition) is 10. The summed E-state index contributed by atoms with van der Waals surface area (Å²) < 4.78 is 35.6. The first-order valence-electron chi connectivity index (χ1n) is 18.7. The van der Waals surface area contributed by atoms with Crippen LogP contribution in [-0.4, -0.2) is 93.2 Å². The maximum absolute atomic E-state index is 13.2. The number of carbonyl (C=O) groups excluding carboxylic acids is 3. The number of aliphatic hydroxyl groups is 2. The number of ether oxygens (including phenoxy) is 4. The van der Waals surface area contributed by atoms with E-state index < -0.39 is 55.8 Å². The van der Waals surface area contributed by atoms with Crippen LogP contribution in [0, 0.1) is 35.5 Å². The van der Waals surface area contributed by atoms with Gasteiger partial charge in [0.25, 0.3) is 0 Å². The minimum atomic E-state index is -4.24. The molecule has 2 heterocycles. The van der Waals surface area contributed by atoms with E-state index in [-0.39, 0.29) is 60.8 Å². The van der Waals surface area contributed by atoms with Gasteiger partial charge in [0.15, 0.2) is 5.79 Å². The van der Waals surface area contributed by atoms with Crippen molar-refractivity contribution in [2.75, 3.05) is 13.3 Å². The fourth-order valence-electron chi connectivity index (χ4n) is 7.33. The maximum Gasteiger partial charge on any atom is 0.325 e. The summed E-state index contributed by atoms with van der Waals surface area (Å²) in [4.78, 5) is 55.5. The fraction of sp³-hybridized carbons (Fsp3) is 0.919. The molecule has 0 aromatic heterocycles. The molecular weight excluding hydrogens is 667 g/mol. The third kappa shape index (κ3) is 14.0. The largest absolute Gasteiger partial charge is 0.459 e.